The van der Waals surface area contributed by atoms with E-state index in [-0.39, 0.29) is 48.6 Å². The Labute approximate surface area is 341 Å². The second kappa shape index (κ2) is 15.1. The maximum Gasteiger partial charge on any atom is 0.410 e. The number of ether oxygens (including phenoxy) is 4. The highest BCUT2D eigenvalue weighted by Crippen LogP contribution is 2.74. The van der Waals surface area contributed by atoms with Gasteiger partial charge in [-0.3, -0.25) is 14.4 Å². The summed E-state index contributed by atoms with van der Waals surface area (Å²) in [6.07, 6.45) is 4.10. The summed E-state index contributed by atoms with van der Waals surface area (Å²) in [7, 11) is 1.75. The summed E-state index contributed by atoms with van der Waals surface area (Å²) in [5.41, 5.74) is 4.54. The number of carbonyl (C=O) groups is 4. The van der Waals surface area contributed by atoms with Gasteiger partial charge in [-0.2, -0.15) is 0 Å². The van der Waals surface area contributed by atoms with Crippen molar-refractivity contribution < 1.29 is 38.1 Å². The SMILES string of the molecule is CC(=O)O[C@@H]1C[C@@]23COC[C@](C)([C@@H]2CC[C@H]2C3=CC(=O)[C@@]3(C)[C@H](C(N)=O)[C@@](C)([C@H](C)C(C)C)CC[C@]23C)[C@H]1OC[C@](C)(C(C)C)N(C)C(=O)OCc1ccccc1. The fraction of sp³-hybridized carbons (Fsp3) is 0.745. The molecule has 0 aromatic heterocycles. The second-order valence-corrected chi connectivity index (χ2v) is 20.5. The molecule has 6 rings (SSSR count). The summed E-state index contributed by atoms with van der Waals surface area (Å²) in [5.74, 6) is -0.811. The van der Waals surface area contributed by atoms with Gasteiger partial charge in [0.2, 0.25) is 5.91 Å². The van der Waals surface area contributed by atoms with Crippen LogP contribution in [0.2, 0.25) is 0 Å². The third-order valence-electron chi connectivity index (χ3n) is 17.3. The van der Waals surface area contributed by atoms with Crippen molar-refractivity contribution in [2.24, 2.45) is 68.3 Å². The molecule has 1 saturated heterocycles. The Morgan fingerprint density at radius 3 is 2.26 bits per heavy atom. The Bertz CT molecular complexity index is 1760. The molecule has 1 aromatic rings. The number of esters is 1. The number of hydrogen-bond donors (Lipinski definition) is 1. The number of amides is 2. The Kier molecular flexibility index (Phi) is 11.5. The molecule has 57 heavy (non-hydrogen) atoms. The zero-order valence-electron chi connectivity index (χ0n) is 36.7. The summed E-state index contributed by atoms with van der Waals surface area (Å²) >= 11 is 0. The highest BCUT2D eigenvalue weighted by Gasteiger charge is 2.73. The summed E-state index contributed by atoms with van der Waals surface area (Å²) in [6, 6.07) is 9.60. The van der Waals surface area contributed by atoms with Crippen molar-refractivity contribution in [2.75, 3.05) is 26.9 Å². The van der Waals surface area contributed by atoms with Gasteiger partial charge in [0, 0.05) is 30.2 Å². The van der Waals surface area contributed by atoms with E-state index in [1.807, 2.05) is 50.3 Å². The predicted octanol–water partition coefficient (Wildman–Crippen LogP) is 8.15. The van der Waals surface area contributed by atoms with E-state index in [0.29, 0.717) is 25.6 Å². The molecule has 4 aliphatic carbocycles. The first-order valence-electron chi connectivity index (χ1n) is 21.4. The lowest BCUT2D eigenvalue weighted by Crippen LogP contribution is -2.72. The molecule has 12 atom stereocenters. The summed E-state index contributed by atoms with van der Waals surface area (Å²) in [6.45, 7) is 24.0. The number of nitrogens with zero attached hydrogens (tertiary/aromatic N) is 1. The Morgan fingerprint density at radius 2 is 1.67 bits per heavy atom. The zero-order valence-corrected chi connectivity index (χ0v) is 36.7. The van der Waals surface area contributed by atoms with Crippen molar-refractivity contribution in [2.45, 2.75) is 133 Å². The molecule has 1 aromatic carbocycles. The van der Waals surface area contributed by atoms with Gasteiger partial charge in [-0.15, -0.1) is 0 Å². The van der Waals surface area contributed by atoms with E-state index >= 15 is 4.79 Å². The van der Waals surface area contributed by atoms with Crippen molar-refractivity contribution in [3.05, 3.63) is 47.5 Å². The zero-order chi connectivity index (χ0) is 42.1. The molecule has 10 nitrogen and oxygen atoms in total. The molecule has 0 spiro atoms. The van der Waals surface area contributed by atoms with Crippen LogP contribution < -0.4 is 5.73 Å². The fourth-order valence-corrected chi connectivity index (χ4v) is 13.0. The predicted molar refractivity (Wildman–Crippen MR) is 218 cm³/mol. The van der Waals surface area contributed by atoms with Gasteiger partial charge in [0.25, 0.3) is 0 Å². The summed E-state index contributed by atoms with van der Waals surface area (Å²) in [4.78, 5) is 56.9. The molecule has 1 aliphatic heterocycles. The minimum atomic E-state index is -0.976. The summed E-state index contributed by atoms with van der Waals surface area (Å²) in [5, 5.41) is 0. The smallest absolute Gasteiger partial charge is 0.410 e. The molecule has 2 N–H and O–H groups in total. The maximum absolute atomic E-state index is 15.1. The number of primary amides is 1. The lowest BCUT2D eigenvalue weighted by Gasteiger charge is -2.70. The standard InChI is InChI=1S/C47H70N2O8/c1-28(2)30(5)42(7)20-21-44(9)33-18-19-36-43(8)25-54-27-47(36,34(33)22-37(51)46(44,11)38(42)40(48)52)23-35(57-31(6)50)39(43)56-26-45(10,29(3)4)49(12)41(53)55-24-32-16-14-13-15-17-32/h13-17,22,28-30,33,35-36,38-39H,18-21,23-27H2,1-12H3,(H2,48,52)/t30-,33+,35-,36+,38-,39+,42-,43-,44-,45-,46+,47+/m1/s1. The van der Waals surface area contributed by atoms with Crippen molar-refractivity contribution >= 4 is 23.8 Å². The van der Waals surface area contributed by atoms with Crippen LogP contribution in [-0.2, 0) is 39.9 Å². The second-order valence-electron chi connectivity index (χ2n) is 20.5. The minimum absolute atomic E-state index is 0.00829. The molecule has 2 amide bonds. The maximum atomic E-state index is 15.1. The first kappa shape index (κ1) is 43.3. The minimum Gasteiger partial charge on any atom is -0.460 e. The van der Waals surface area contributed by atoms with Crippen LogP contribution in [0.25, 0.3) is 0 Å². The fourth-order valence-electron chi connectivity index (χ4n) is 13.0. The average Bonchev–Trinajstić information content (AvgIpc) is 3.14. The topological polar surface area (TPSA) is 134 Å². The first-order valence-corrected chi connectivity index (χ1v) is 21.4. The molecule has 2 bridgehead atoms. The van der Waals surface area contributed by atoms with E-state index in [9.17, 15) is 14.4 Å². The van der Waals surface area contributed by atoms with E-state index < -0.39 is 62.8 Å². The molecule has 316 valence electrons. The number of fused-ring (bicyclic) bond motifs is 3. The van der Waals surface area contributed by atoms with Crippen molar-refractivity contribution in [1.29, 1.82) is 0 Å². The van der Waals surface area contributed by atoms with E-state index in [4.69, 9.17) is 24.7 Å². The number of rotatable bonds is 11. The van der Waals surface area contributed by atoms with E-state index in [2.05, 4.69) is 55.4 Å². The number of likely N-dealkylation sites (N-methyl/N-ethyl adjacent to an activating group) is 1. The van der Waals surface area contributed by atoms with Crippen LogP contribution in [0.15, 0.2) is 42.0 Å². The molecule has 10 heteroatoms. The van der Waals surface area contributed by atoms with Gasteiger partial charge >= 0.3 is 12.1 Å². The molecular formula is C47H70N2O8. The van der Waals surface area contributed by atoms with Crippen LogP contribution in [0.1, 0.15) is 114 Å². The molecule has 4 fully saturated rings. The van der Waals surface area contributed by atoms with Crippen molar-refractivity contribution in [3.8, 4) is 0 Å². The highest BCUT2D eigenvalue weighted by molar-refractivity contribution is 6.01. The average molecular weight is 791 g/mol. The van der Waals surface area contributed by atoms with Crippen LogP contribution in [-0.4, -0.2) is 73.3 Å². The number of benzene rings is 1. The van der Waals surface area contributed by atoms with E-state index in [1.165, 1.54) is 6.92 Å². The number of carbonyl (C=O) groups excluding carboxylic acids is 4. The first-order chi connectivity index (χ1) is 26.5. The van der Waals surface area contributed by atoms with Crippen molar-refractivity contribution in [3.63, 3.8) is 0 Å². The Hall–Kier alpha value is -3.24. The lowest BCUT2D eigenvalue weighted by molar-refractivity contribution is -0.269. The molecule has 0 radical (unpaired) electrons. The van der Waals surface area contributed by atoms with Gasteiger partial charge in [0.05, 0.1) is 31.3 Å². The molecule has 1 heterocycles. The summed E-state index contributed by atoms with van der Waals surface area (Å²) < 4.78 is 25.7. The largest absolute Gasteiger partial charge is 0.460 e. The van der Waals surface area contributed by atoms with Gasteiger partial charge in [-0.05, 0) is 91.1 Å². The molecule has 3 saturated carbocycles. The molecule has 0 unspecified atom stereocenters. The third kappa shape index (κ3) is 6.58. The quantitative estimate of drug-likeness (QED) is 0.222. The van der Waals surface area contributed by atoms with Crippen LogP contribution in [0, 0.1) is 62.6 Å². The van der Waals surface area contributed by atoms with Gasteiger partial charge in [0.15, 0.2) is 5.78 Å². The highest BCUT2D eigenvalue weighted by atomic mass is 16.6. The number of allylic oxidation sites excluding steroid dienone is 1. The Balaban J connectivity index is 1.34. The third-order valence-corrected chi connectivity index (χ3v) is 17.3. The number of hydrogen-bond acceptors (Lipinski definition) is 8. The van der Waals surface area contributed by atoms with E-state index in [0.717, 1.165) is 36.8 Å². The van der Waals surface area contributed by atoms with Gasteiger partial charge in [-0.25, -0.2) is 4.79 Å². The van der Waals surface area contributed by atoms with Gasteiger partial charge in [0.1, 0.15) is 18.8 Å². The van der Waals surface area contributed by atoms with Crippen molar-refractivity contribution in [1.82, 2.24) is 4.90 Å². The lowest BCUT2D eigenvalue weighted by atomic mass is 9.34. The number of nitrogens with two attached hydrogens (primary N) is 1. The Morgan fingerprint density at radius 1 is 1.00 bits per heavy atom. The van der Waals surface area contributed by atoms with Crippen LogP contribution in [0.3, 0.4) is 0 Å². The number of ketones is 1. The van der Waals surface area contributed by atoms with Gasteiger partial charge < -0.3 is 29.6 Å². The van der Waals surface area contributed by atoms with Crippen LogP contribution >= 0.6 is 0 Å². The molecule has 5 aliphatic rings. The molecular weight excluding hydrogens is 721 g/mol. The van der Waals surface area contributed by atoms with Crippen LogP contribution in [0.4, 0.5) is 4.79 Å². The van der Waals surface area contributed by atoms with Gasteiger partial charge in [-0.1, -0.05) is 98.2 Å². The monoisotopic (exact) mass is 791 g/mol. The van der Waals surface area contributed by atoms with Crippen LogP contribution in [0.5, 0.6) is 0 Å². The normalized spacial score (nSPS) is 38.8. The van der Waals surface area contributed by atoms with E-state index in [1.54, 1.807) is 11.9 Å².